The Balaban J connectivity index is 0.00000242. The number of piperidine rings is 1. The van der Waals surface area contributed by atoms with Crippen molar-refractivity contribution in [1.29, 1.82) is 5.26 Å². The molecular formula is C16H22N4NaS+. The molecule has 1 aromatic rings. The van der Waals surface area contributed by atoms with Gasteiger partial charge < -0.3 is 10.2 Å². The Labute approximate surface area is 160 Å². The number of hydrogen-bond donors (Lipinski definition) is 2. The second-order valence-electron chi connectivity index (χ2n) is 5.37. The van der Waals surface area contributed by atoms with Crippen LogP contribution in [0.3, 0.4) is 0 Å². The fourth-order valence-electron chi connectivity index (χ4n) is 2.81. The maximum atomic E-state index is 8.42. The molecule has 6 heteroatoms. The zero-order valence-corrected chi connectivity index (χ0v) is 16.0. The van der Waals surface area contributed by atoms with Gasteiger partial charge in [0.15, 0.2) is 11.3 Å². The summed E-state index contributed by atoms with van der Waals surface area (Å²) in [4.78, 5) is 2.52. The van der Waals surface area contributed by atoms with Crippen LogP contribution in [0.15, 0.2) is 30.3 Å². The first kappa shape index (κ1) is 19.4. The van der Waals surface area contributed by atoms with Crippen LogP contribution >= 0.6 is 12.2 Å². The van der Waals surface area contributed by atoms with Crippen molar-refractivity contribution in [2.24, 2.45) is 0 Å². The van der Waals surface area contributed by atoms with Crippen LogP contribution in [0.25, 0.3) is 0 Å². The van der Waals surface area contributed by atoms with E-state index in [9.17, 15) is 0 Å². The Morgan fingerprint density at radius 2 is 1.95 bits per heavy atom. The standard InChI is InChI=1S/C16H22N4S.Na/c17-13-19-16(21)18-9-4-10-20-11-7-15(8-12-20)14-5-2-1-3-6-14;/h1-3,5-6,15H,4,7-12H2,(H2,18,19,21);/q;+1. The first-order valence-electron chi connectivity index (χ1n) is 7.50. The molecule has 1 aliphatic heterocycles. The van der Waals surface area contributed by atoms with E-state index in [-0.39, 0.29) is 29.6 Å². The van der Waals surface area contributed by atoms with Gasteiger partial charge in [-0.2, -0.15) is 5.26 Å². The van der Waals surface area contributed by atoms with Gasteiger partial charge in [0.05, 0.1) is 0 Å². The molecule has 0 radical (unpaired) electrons. The van der Waals surface area contributed by atoms with Crippen LogP contribution in [0.4, 0.5) is 0 Å². The van der Waals surface area contributed by atoms with Crippen molar-refractivity contribution >= 4 is 17.3 Å². The summed E-state index contributed by atoms with van der Waals surface area (Å²) < 4.78 is 0. The number of thiocarbonyl (C=S) groups is 1. The van der Waals surface area contributed by atoms with E-state index in [0.717, 1.165) is 19.5 Å². The van der Waals surface area contributed by atoms with Crippen molar-refractivity contribution in [2.75, 3.05) is 26.2 Å². The quantitative estimate of drug-likeness (QED) is 0.244. The van der Waals surface area contributed by atoms with Gasteiger partial charge in [0, 0.05) is 6.54 Å². The van der Waals surface area contributed by atoms with Gasteiger partial charge in [-0.1, -0.05) is 30.3 Å². The van der Waals surface area contributed by atoms with Crippen molar-refractivity contribution in [1.82, 2.24) is 15.5 Å². The SMILES string of the molecule is N#CNC(=S)NCCCN1CCC(c2ccccc2)CC1.[Na+]. The molecule has 0 aliphatic carbocycles. The van der Waals surface area contributed by atoms with E-state index in [0.29, 0.717) is 11.0 Å². The van der Waals surface area contributed by atoms with E-state index < -0.39 is 0 Å². The van der Waals surface area contributed by atoms with Crippen LogP contribution < -0.4 is 40.2 Å². The topological polar surface area (TPSA) is 51.1 Å². The van der Waals surface area contributed by atoms with Crippen LogP contribution in [0.1, 0.15) is 30.7 Å². The Morgan fingerprint density at radius 1 is 1.27 bits per heavy atom. The van der Waals surface area contributed by atoms with Crippen LogP contribution in [0.5, 0.6) is 0 Å². The number of rotatable bonds is 5. The molecule has 1 fully saturated rings. The molecule has 0 atom stereocenters. The average molecular weight is 325 g/mol. The Kier molecular flexibility index (Phi) is 9.69. The summed E-state index contributed by atoms with van der Waals surface area (Å²) in [6.45, 7) is 4.23. The number of hydrogen-bond acceptors (Lipinski definition) is 3. The van der Waals surface area contributed by atoms with E-state index >= 15 is 0 Å². The molecule has 0 aromatic heterocycles. The fraction of sp³-hybridized carbons (Fsp3) is 0.500. The maximum absolute atomic E-state index is 8.42. The van der Waals surface area contributed by atoms with Crippen LogP contribution in [-0.4, -0.2) is 36.2 Å². The number of benzene rings is 1. The number of nitriles is 1. The molecule has 0 saturated carbocycles. The minimum Gasteiger partial charge on any atom is -0.362 e. The summed E-state index contributed by atoms with van der Waals surface area (Å²) >= 11 is 4.93. The molecule has 0 unspecified atom stereocenters. The molecule has 1 heterocycles. The second kappa shape index (κ2) is 11.0. The number of nitrogens with one attached hydrogen (secondary N) is 2. The molecule has 4 nitrogen and oxygen atoms in total. The molecule has 0 bridgehead atoms. The van der Waals surface area contributed by atoms with Crippen molar-refractivity contribution in [3.63, 3.8) is 0 Å². The summed E-state index contributed by atoms with van der Waals surface area (Å²) in [5, 5.41) is 14.3. The molecule has 0 spiro atoms. The van der Waals surface area contributed by atoms with E-state index in [4.69, 9.17) is 17.5 Å². The third-order valence-electron chi connectivity index (χ3n) is 3.96. The predicted octanol–water partition coefficient (Wildman–Crippen LogP) is -0.795. The summed E-state index contributed by atoms with van der Waals surface area (Å²) in [6.07, 6.45) is 5.34. The molecule has 1 aromatic carbocycles. The zero-order chi connectivity index (χ0) is 14.9. The van der Waals surface area contributed by atoms with Crippen molar-refractivity contribution in [3.8, 4) is 6.19 Å². The van der Waals surface area contributed by atoms with Gasteiger partial charge in [0.1, 0.15) is 0 Å². The fourth-order valence-corrected chi connectivity index (χ4v) is 2.96. The Bertz CT molecular complexity index is 481. The summed E-state index contributed by atoms with van der Waals surface area (Å²) in [6, 6.07) is 10.8. The first-order chi connectivity index (χ1) is 10.3. The smallest absolute Gasteiger partial charge is 0.362 e. The normalized spacial score (nSPS) is 15.4. The molecule has 2 rings (SSSR count). The van der Waals surface area contributed by atoms with Gasteiger partial charge in [-0.25, -0.2) is 0 Å². The minimum atomic E-state index is 0. The van der Waals surface area contributed by atoms with Crippen molar-refractivity contribution in [3.05, 3.63) is 35.9 Å². The Hall–Kier alpha value is -0.640. The molecule has 1 saturated heterocycles. The molecule has 22 heavy (non-hydrogen) atoms. The van der Waals surface area contributed by atoms with Gasteiger partial charge in [0.25, 0.3) is 0 Å². The van der Waals surface area contributed by atoms with Crippen LogP contribution in [0.2, 0.25) is 0 Å². The molecule has 0 amide bonds. The van der Waals surface area contributed by atoms with E-state index in [2.05, 4.69) is 45.9 Å². The molecule has 112 valence electrons. The minimum absolute atomic E-state index is 0. The largest absolute Gasteiger partial charge is 1.00 e. The van der Waals surface area contributed by atoms with E-state index in [1.165, 1.54) is 31.5 Å². The van der Waals surface area contributed by atoms with E-state index in [1.807, 2.05) is 6.19 Å². The number of nitrogens with zero attached hydrogens (tertiary/aromatic N) is 2. The summed E-state index contributed by atoms with van der Waals surface area (Å²) in [5.41, 5.74) is 1.48. The maximum Gasteiger partial charge on any atom is 1.00 e. The predicted molar refractivity (Wildman–Crippen MR) is 88.8 cm³/mol. The summed E-state index contributed by atoms with van der Waals surface area (Å²) in [7, 11) is 0. The van der Waals surface area contributed by atoms with Crippen molar-refractivity contribution < 1.29 is 29.6 Å². The van der Waals surface area contributed by atoms with E-state index in [1.54, 1.807) is 0 Å². The van der Waals surface area contributed by atoms with Gasteiger partial charge in [-0.05, 0) is 62.6 Å². The average Bonchev–Trinajstić information content (AvgIpc) is 2.53. The third kappa shape index (κ3) is 6.64. The molecule has 2 N–H and O–H groups in total. The van der Waals surface area contributed by atoms with Gasteiger partial charge >= 0.3 is 29.6 Å². The third-order valence-corrected chi connectivity index (χ3v) is 4.21. The first-order valence-corrected chi connectivity index (χ1v) is 7.90. The zero-order valence-electron chi connectivity index (χ0n) is 13.2. The van der Waals surface area contributed by atoms with Crippen molar-refractivity contribution in [2.45, 2.75) is 25.2 Å². The van der Waals surface area contributed by atoms with Gasteiger partial charge in [0.2, 0.25) is 0 Å². The number of likely N-dealkylation sites (tertiary alicyclic amines) is 1. The monoisotopic (exact) mass is 325 g/mol. The molecule has 1 aliphatic rings. The van der Waals surface area contributed by atoms with Crippen LogP contribution in [-0.2, 0) is 0 Å². The van der Waals surface area contributed by atoms with Gasteiger partial charge in [-0.3, -0.25) is 5.32 Å². The van der Waals surface area contributed by atoms with Crippen LogP contribution in [0, 0.1) is 11.5 Å². The second-order valence-corrected chi connectivity index (χ2v) is 5.78. The Morgan fingerprint density at radius 3 is 2.59 bits per heavy atom. The van der Waals surface area contributed by atoms with Gasteiger partial charge in [-0.15, -0.1) is 0 Å². The summed E-state index contributed by atoms with van der Waals surface area (Å²) in [5.74, 6) is 0.716. The molecular weight excluding hydrogens is 303 g/mol.